The zero-order valence-electron chi connectivity index (χ0n) is 18.7. The monoisotopic (exact) mass is 440 g/mol. The van der Waals surface area contributed by atoms with Crippen LogP contribution in [0, 0.1) is 0 Å². The summed E-state index contributed by atoms with van der Waals surface area (Å²) < 4.78 is 1.92. The third-order valence-electron chi connectivity index (χ3n) is 5.54. The SMILES string of the molecule is CCCC[C@@H](NC(=O)c1ccccc1)c1nc2ccccc2n1CC(=O)Nc1ccccc1. The normalized spacial score (nSPS) is 11.8. The molecule has 1 aromatic heterocycles. The maximum Gasteiger partial charge on any atom is 0.251 e. The number of unbranched alkanes of at least 4 members (excludes halogenated alkanes) is 1. The molecule has 1 heterocycles. The predicted octanol–water partition coefficient (Wildman–Crippen LogP) is 5.34. The summed E-state index contributed by atoms with van der Waals surface area (Å²) in [4.78, 5) is 30.7. The quantitative estimate of drug-likeness (QED) is 0.369. The van der Waals surface area contributed by atoms with Crippen LogP contribution in [0.4, 0.5) is 5.69 Å². The molecule has 0 aliphatic rings. The molecule has 2 N–H and O–H groups in total. The molecular formula is C27H28N4O2. The summed E-state index contributed by atoms with van der Waals surface area (Å²) >= 11 is 0. The van der Waals surface area contributed by atoms with E-state index in [9.17, 15) is 9.59 Å². The van der Waals surface area contributed by atoms with Crippen LogP contribution in [0.5, 0.6) is 0 Å². The van der Waals surface area contributed by atoms with E-state index in [1.807, 2.05) is 77.4 Å². The first-order valence-electron chi connectivity index (χ1n) is 11.3. The molecule has 0 radical (unpaired) electrons. The van der Waals surface area contributed by atoms with Gasteiger partial charge in [0.2, 0.25) is 5.91 Å². The van der Waals surface area contributed by atoms with Gasteiger partial charge >= 0.3 is 0 Å². The van der Waals surface area contributed by atoms with Crippen LogP contribution >= 0.6 is 0 Å². The molecule has 0 fully saturated rings. The number of para-hydroxylation sites is 3. The number of anilines is 1. The van der Waals surface area contributed by atoms with E-state index in [1.54, 1.807) is 12.1 Å². The molecule has 1 atom stereocenters. The second-order valence-electron chi connectivity index (χ2n) is 7.99. The average molecular weight is 441 g/mol. The van der Waals surface area contributed by atoms with Crippen LogP contribution in [0.15, 0.2) is 84.9 Å². The fourth-order valence-electron chi connectivity index (χ4n) is 3.90. The van der Waals surface area contributed by atoms with Gasteiger partial charge in [-0.1, -0.05) is 68.3 Å². The predicted molar refractivity (Wildman–Crippen MR) is 131 cm³/mol. The number of rotatable bonds is 9. The van der Waals surface area contributed by atoms with Crippen molar-refractivity contribution < 1.29 is 9.59 Å². The standard InChI is InChI=1S/C27H28N4O2/c1-2-3-16-23(30-27(33)20-12-6-4-7-13-20)26-29-22-17-10-11-18-24(22)31(26)19-25(32)28-21-14-8-5-9-15-21/h4-15,17-18,23H,2-3,16,19H2,1H3,(H,28,32)(H,30,33)/t23-/m1/s1. The van der Waals surface area contributed by atoms with E-state index >= 15 is 0 Å². The zero-order valence-corrected chi connectivity index (χ0v) is 18.7. The fraction of sp³-hybridized carbons (Fsp3) is 0.222. The van der Waals surface area contributed by atoms with E-state index in [1.165, 1.54) is 0 Å². The number of imidazole rings is 1. The third-order valence-corrected chi connectivity index (χ3v) is 5.54. The molecule has 6 heteroatoms. The molecule has 6 nitrogen and oxygen atoms in total. The van der Waals surface area contributed by atoms with Gasteiger partial charge < -0.3 is 15.2 Å². The molecule has 4 rings (SSSR count). The Kier molecular flexibility index (Phi) is 7.15. The summed E-state index contributed by atoms with van der Waals surface area (Å²) in [5.74, 6) is 0.399. The lowest BCUT2D eigenvalue weighted by atomic mass is 10.1. The number of hydrogen-bond acceptors (Lipinski definition) is 3. The van der Waals surface area contributed by atoms with Crippen molar-refractivity contribution >= 4 is 28.5 Å². The number of nitrogens with one attached hydrogen (secondary N) is 2. The van der Waals surface area contributed by atoms with Crippen molar-refractivity contribution in [2.45, 2.75) is 38.8 Å². The van der Waals surface area contributed by atoms with Crippen molar-refractivity contribution in [3.05, 3.63) is 96.3 Å². The Morgan fingerprint density at radius 1 is 0.909 bits per heavy atom. The summed E-state index contributed by atoms with van der Waals surface area (Å²) in [5.41, 5.74) is 3.01. The lowest BCUT2D eigenvalue weighted by molar-refractivity contribution is -0.116. The lowest BCUT2D eigenvalue weighted by Gasteiger charge is -2.20. The van der Waals surface area contributed by atoms with Crippen molar-refractivity contribution in [3.63, 3.8) is 0 Å². The highest BCUT2D eigenvalue weighted by molar-refractivity contribution is 5.94. The highest BCUT2D eigenvalue weighted by atomic mass is 16.2. The summed E-state index contributed by atoms with van der Waals surface area (Å²) in [7, 11) is 0. The average Bonchev–Trinajstić information content (AvgIpc) is 3.21. The van der Waals surface area contributed by atoms with Crippen molar-refractivity contribution in [1.82, 2.24) is 14.9 Å². The molecule has 0 saturated carbocycles. The first-order chi connectivity index (χ1) is 16.2. The van der Waals surface area contributed by atoms with Crippen molar-refractivity contribution in [3.8, 4) is 0 Å². The van der Waals surface area contributed by atoms with Gasteiger partial charge in [-0.15, -0.1) is 0 Å². The summed E-state index contributed by atoms with van der Waals surface area (Å²) in [5, 5.41) is 6.10. The molecule has 0 aliphatic carbocycles. The molecule has 2 amide bonds. The molecule has 0 spiro atoms. The Morgan fingerprint density at radius 2 is 1.58 bits per heavy atom. The number of carbonyl (C=O) groups is 2. The molecular weight excluding hydrogens is 412 g/mol. The minimum Gasteiger partial charge on any atom is -0.342 e. The van der Waals surface area contributed by atoms with Gasteiger partial charge in [0.25, 0.3) is 5.91 Å². The molecule has 0 saturated heterocycles. The Hall–Kier alpha value is -3.93. The molecule has 0 aliphatic heterocycles. The summed E-state index contributed by atoms with van der Waals surface area (Å²) in [6.07, 6.45) is 2.66. The minimum absolute atomic E-state index is 0.106. The molecule has 168 valence electrons. The van der Waals surface area contributed by atoms with Crippen LogP contribution in [-0.2, 0) is 11.3 Å². The summed E-state index contributed by atoms with van der Waals surface area (Å²) in [6.45, 7) is 2.22. The highest BCUT2D eigenvalue weighted by Gasteiger charge is 2.23. The summed E-state index contributed by atoms with van der Waals surface area (Å²) in [6, 6.07) is 26.0. The Morgan fingerprint density at radius 3 is 2.30 bits per heavy atom. The number of benzene rings is 3. The number of aromatic nitrogens is 2. The molecule has 4 aromatic rings. The van der Waals surface area contributed by atoms with Crippen LogP contribution in [0.1, 0.15) is 48.4 Å². The maximum absolute atomic E-state index is 13.0. The van der Waals surface area contributed by atoms with Crippen LogP contribution in [0.25, 0.3) is 11.0 Å². The van der Waals surface area contributed by atoms with Gasteiger partial charge in [0.15, 0.2) is 0 Å². The smallest absolute Gasteiger partial charge is 0.251 e. The minimum atomic E-state index is -0.311. The zero-order chi connectivity index (χ0) is 23.0. The van der Waals surface area contributed by atoms with Crippen LogP contribution < -0.4 is 10.6 Å². The van der Waals surface area contributed by atoms with Gasteiger partial charge in [0.05, 0.1) is 17.1 Å². The molecule has 0 unspecified atom stereocenters. The topological polar surface area (TPSA) is 76.0 Å². The van der Waals surface area contributed by atoms with Gasteiger partial charge in [-0.05, 0) is 42.8 Å². The number of nitrogens with zero attached hydrogens (tertiary/aromatic N) is 2. The van der Waals surface area contributed by atoms with Gasteiger partial charge in [-0.25, -0.2) is 4.98 Å². The molecule has 0 bridgehead atoms. The van der Waals surface area contributed by atoms with Crippen molar-refractivity contribution in [1.29, 1.82) is 0 Å². The van der Waals surface area contributed by atoms with Crippen LogP contribution in [0.2, 0.25) is 0 Å². The highest BCUT2D eigenvalue weighted by Crippen LogP contribution is 2.25. The Labute approximate surface area is 193 Å². The fourth-order valence-corrected chi connectivity index (χ4v) is 3.90. The second kappa shape index (κ2) is 10.6. The van der Waals surface area contributed by atoms with E-state index in [0.717, 1.165) is 36.0 Å². The number of amides is 2. The van der Waals surface area contributed by atoms with E-state index in [0.29, 0.717) is 11.4 Å². The number of fused-ring (bicyclic) bond motifs is 1. The van der Waals surface area contributed by atoms with Gasteiger partial charge in [0.1, 0.15) is 12.4 Å². The van der Waals surface area contributed by atoms with E-state index in [2.05, 4.69) is 17.6 Å². The van der Waals surface area contributed by atoms with Crippen LogP contribution in [0.3, 0.4) is 0 Å². The lowest BCUT2D eigenvalue weighted by Crippen LogP contribution is -2.31. The van der Waals surface area contributed by atoms with Gasteiger partial charge in [0, 0.05) is 11.3 Å². The Bertz CT molecular complexity index is 1220. The van der Waals surface area contributed by atoms with E-state index in [-0.39, 0.29) is 24.4 Å². The second-order valence-corrected chi connectivity index (χ2v) is 7.99. The first kappa shape index (κ1) is 22.3. The van der Waals surface area contributed by atoms with Crippen LogP contribution in [-0.4, -0.2) is 21.4 Å². The van der Waals surface area contributed by atoms with Crippen molar-refractivity contribution in [2.75, 3.05) is 5.32 Å². The third kappa shape index (κ3) is 5.47. The maximum atomic E-state index is 13.0. The van der Waals surface area contributed by atoms with Gasteiger partial charge in [-0.2, -0.15) is 0 Å². The molecule has 3 aromatic carbocycles. The van der Waals surface area contributed by atoms with Crippen molar-refractivity contribution in [2.24, 2.45) is 0 Å². The number of carbonyl (C=O) groups excluding carboxylic acids is 2. The first-order valence-corrected chi connectivity index (χ1v) is 11.3. The Balaban J connectivity index is 1.66. The molecule has 33 heavy (non-hydrogen) atoms. The van der Waals surface area contributed by atoms with Gasteiger partial charge in [-0.3, -0.25) is 9.59 Å². The largest absolute Gasteiger partial charge is 0.342 e. The number of hydrogen-bond donors (Lipinski definition) is 2. The van der Waals surface area contributed by atoms with E-state index in [4.69, 9.17) is 4.98 Å². The van der Waals surface area contributed by atoms with E-state index < -0.39 is 0 Å².